The van der Waals surface area contributed by atoms with Crippen molar-refractivity contribution in [1.29, 1.82) is 0 Å². The van der Waals surface area contributed by atoms with Crippen molar-refractivity contribution in [3.05, 3.63) is 65.7 Å². The summed E-state index contributed by atoms with van der Waals surface area (Å²) in [6, 6.07) is 13.9. The molecule has 0 bridgehead atoms. The minimum Gasteiger partial charge on any atom is -0.466 e. The van der Waals surface area contributed by atoms with Gasteiger partial charge in [0, 0.05) is 16.9 Å². The molecule has 4 rings (SSSR count). The van der Waals surface area contributed by atoms with Crippen LogP contribution in [0.4, 0.5) is 13.2 Å². The Morgan fingerprint density at radius 2 is 1.82 bits per heavy atom. The third kappa shape index (κ3) is 6.56. The fourth-order valence-corrected chi connectivity index (χ4v) is 5.68. The van der Waals surface area contributed by atoms with E-state index in [1.807, 2.05) is 6.92 Å². The number of hydrogen-bond donors (Lipinski definition) is 3. The van der Waals surface area contributed by atoms with Crippen molar-refractivity contribution in [3.8, 4) is 0 Å². The quantitative estimate of drug-likeness (QED) is 0.431. The fraction of sp³-hybridized carbons (Fsp3) is 0.462. The zero-order chi connectivity index (χ0) is 28.4. The van der Waals surface area contributed by atoms with E-state index in [0.29, 0.717) is 10.5 Å². The summed E-state index contributed by atoms with van der Waals surface area (Å²) in [5.74, 6) is -3.27. The Bertz CT molecular complexity index is 1150. The first-order valence-corrected chi connectivity index (χ1v) is 12.8. The highest BCUT2D eigenvalue weighted by molar-refractivity contribution is 8.01. The lowest BCUT2D eigenvalue weighted by Gasteiger charge is -2.47. The topological polar surface area (TPSA) is 124 Å². The molecule has 13 heteroatoms. The predicted octanol–water partition coefficient (Wildman–Crippen LogP) is 2.63. The van der Waals surface area contributed by atoms with Crippen LogP contribution in [0.1, 0.15) is 23.8 Å². The van der Waals surface area contributed by atoms with Crippen LogP contribution in [0.25, 0.3) is 0 Å². The number of carbonyl (C=O) groups is 2. The van der Waals surface area contributed by atoms with Crippen molar-refractivity contribution in [3.63, 3.8) is 0 Å². The Kier molecular flexibility index (Phi) is 8.88. The van der Waals surface area contributed by atoms with Crippen molar-refractivity contribution in [2.75, 3.05) is 13.7 Å². The van der Waals surface area contributed by atoms with Gasteiger partial charge in [0.05, 0.1) is 25.9 Å². The number of carbonyl (C=O) groups excluding carboxylic acids is 2. The maximum Gasteiger partial charge on any atom is 0.471 e. The summed E-state index contributed by atoms with van der Waals surface area (Å²) < 4.78 is 61.8. The van der Waals surface area contributed by atoms with Gasteiger partial charge in [0.15, 0.2) is 6.29 Å². The number of alkyl halides is 3. The van der Waals surface area contributed by atoms with Crippen LogP contribution in [0, 0.1) is 6.92 Å². The van der Waals surface area contributed by atoms with Gasteiger partial charge < -0.3 is 34.5 Å². The number of amides is 1. The molecule has 1 unspecified atom stereocenters. The molecule has 2 aromatic rings. The number of thioether (sulfide) groups is 1. The molecule has 9 nitrogen and oxygen atoms in total. The fourth-order valence-electron chi connectivity index (χ4n) is 4.44. The number of esters is 1. The van der Waals surface area contributed by atoms with Gasteiger partial charge in [-0.2, -0.15) is 13.2 Å². The van der Waals surface area contributed by atoms with E-state index < -0.39 is 66.2 Å². The Balaban J connectivity index is 1.65. The Morgan fingerprint density at radius 1 is 1.15 bits per heavy atom. The molecule has 2 aliphatic rings. The van der Waals surface area contributed by atoms with Gasteiger partial charge >= 0.3 is 18.1 Å². The predicted molar refractivity (Wildman–Crippen MR) is 131 cm³/mol. The largest absolute Gasteiger partial charge is 0.471 e. The van der Waals surface area contributed by atoms with Gasteiger partial charge in [-0.1, -0.05) is 59.8 Å². The summed E-state index contributed by atoms with van der Waals surface area (Å²) in [7, 11) is 1.09. The van der Waals surface area contributed by atoms with Crippen molar-refractivity contribution in [2.24, 2.45) is 0 Å². The van der Waals surface area contributed by atoms with Crippen LogP contribution < -0.4 is 5.32 Å². The smallest absolute Gasteiger partial charge is 0.466 e. The molecule has 2 heterocycles. The van der Waals surface area contributed by atoms with Gasteiger partial charge in [-0.05, 0) is 19.1 Å². The molecule has 0 aliphatic carbocycles. The van der Waals surface area contributed by atoms with Crippen LogP contribution in [0.3, 0.4) is 0 Å². The van der Waals surface area contributed by atoms with Gasteiger partial charge in [0.1, 0.15) is 18.3 Å². The zero-order valence-electron chi connectivity index (χ0n) is 21.0. The molecule has 1 amide bonds. The van der Waals surface area contributed by atoms with E-state index in [2.05, 4.69) is 0 Å². The van der Waals surface area contributed by atoms with E-state index >= 15 is 0 Å². The number of halogens is 3. The van der Waals surface area contributed by atoms with E-state index in [9.17, 15) is 33.0 Å². The number of aliphatic hydroxyl groups is 2. The monoisotopic (exact) mass is 571 g/mol. The lowest BCUT2D eigenvalue weighted by Crippen LogP contribution is -2.67. The van der Waals surface area contributed by atoms with E-state index in [4.69, 9.17) is 18.9 Å². The number of ether oxygens (including phenoxy) is 4. The number of nitrogens with one attached hydrogen (secondary N) is 1. The normalized spacial score (nSPS) is 30.0. The lowest BCUT2D eigenvalue weighted by molar-refractivity contribution is -0.211. The highest BCUT2D eigenvalue weighted by atomic mass is 32.2. The maximum atomic E-state index is 13.1. The van der Waals surface area contributed by atoms with Crippen LogP contribution in [0.2, 0.25) is 0 Å². The van der Waals surface area contributed by atoms with Crippen LogP contribution in [-0.4, -0.2) is 77.4 Å². The summed E-state index contributed by atoms with van der Waals surface area (Å²) in [4.78, 5) is 23.4. The minimum absolute atomic E-state index is 0.174. The highest BCUT2D eigenvalue weighted by Crippen LogP contribution is 2.45. The van der Waals surface area contributed by atoms with Gasteiger partial charge in [0.25, 0.3) is 0 Å². The van der Waals surface area contributed by atoms with Gasteiger partial charge in [0.2, 0.25) is 4.93 Å². The number of benzene rings is 2. The average molecular weight is 572 g/mol. The highest BCUT2D eigenvalue weighted by Gasteiger charge is 2.57. The molecule has 0 spiro atoms. The van der Waals surface area contributed by atoms with E-state index in [1.165, 1.54) is 0 Å². The Labute approximate surface area is 226 Å². The van der Waals surface area contributed by atoms with E-state index in [1.54, 1.807) is 59.9 Å². The summed E-state index contributed by atoms with van der Waals surface area (Å²) in [5, 5.41) is 24.0. The Morgan fingerprint density at radius 3 is 2.44 bits per heavy atom. The number of rotatable bonds is 7. The third-order valence-corrected chi connectivity index (χ3v) is 7.69. The van der Waals surface area contributed by atoms with E-state index in [-0.39, 0.29) is 6.61 Å². The first-order valence-electron chi connectivity index (χ1n) is 12.0. The molecule has 7 atom stereocenters. The second kappa shape index (κ2) is 11.8. The SMILES string of the molecule is COC(=O)[C@@]1(Sc2ccc(C)cc2)C[C@H](O)[C@@H](NC(=O)C(F)(F)F)[C@H]([C@H](O)[C@H]2COC(c3ccccc3)O2)O1. The summed E-state index contributed by atoms with van der Waals surface area (Å²) in [6.45, 7) is 1.69. The summed E-state index contributed by atoms with van der Waals surface area (Å²) in [5.41, 5.74) is 1.57. The van der Waals surface area contributed by atoms with Gasteiger partial charge in [-0.3, -0.25) is 4.79 Å². The molecule has 3 N–H and O–H groups in total. The molecule has 2 fully saturated rings. The number of aliphatic hydroxyl groups excluding tert-OH is 2. The first kappa shape index (κ1) is 29.3. The molecule has 0 saturated carbocycles. The summed E-state index contributed by atoms with van der Waals surface area (Å²) >= 11 is 0.870. The molecule has 0 aromatic heterocycles. The van der Waals surface area contributed by atoms with Crippen molar-refractivity contribution in [2.45, 2.75) is 66.1 Å². The van der Waals surface area contributed by atoms with Crippen molar-refractivity contribution >= 4 is 23.6 Å². The second-order valence-electron chi connectivity index (χ2n) is 9.25. The van der Waals surface area contributed by atoms with Crippen LogP contribution in [0.15, 0.2) is 59.5 Å². The number of hydrogen-bond acceptors (Lipinski definition) is 9. The zero-order valence-corrected chi connectivity index (χ0v) is 21.8. The first-order chi connectivity index (χ1) is 18.4. The van der Waals surface area contributed by atoms with Crippen LogP contribution >= 0.6 is 11.8 Å². The number of aryl methyl sites for hydroxylation is 1. The molecular weight excluding hydrogens is 543 g/mol. The Hall–Kier alpha value is -2.68. The molecule has 39 heavy (non-hydrogen) atoms. The van der Waals surface area contributed by atoms with Crippen molar-refractivity contribution in [1.82, 2.24) is 5.32 Å². The van der Waals surface area contributed by atoms with Gasteiger partial charge in [-0.25, -0.2) is 4.79 Å². The molecule has 2 saturated heterocycles. The lowest BCUT2D eigenvalue weighted by atomic mass is 9.89. The maximum absolute atomic E-state index is 13.1. The van der Waals surface area contributed by atoms with Crippen molar-refractivity contribution < 1.29 is 51.9 Å². The van der Waals surface area contributed by atoms with Crippen LogP contribution in [0.5, 0.6) is 0 Å². The van der Waals surface area contributed by atoms with Gasteiger partial charge in [-0.15, -0.1) is 0 Å². The molecule has 0 radical (unpaired) electrons. The minimum atomic E-state index is -5.27. The third-order valence-electron chi connectivity index (χ3n) is 6.43. The van der Waals surface area contributed by atoms with Crippen LogP contribution in [-0.2, 0) is 28.5 Å². The standard InChI is InChI=1S/C26H28F3NO8S/c1-14-8-10-16(11-9-14)39-25(24(34)35-2)12-17(31)19(30-23(33)26(27,28)29)21(38-25)20(32)18-13-36-22(37-18)15-6-4-3-5-7-15/h3-11,17-22,31-32H,12-13H2,1-2H3,(H,30,33)/t17-,18+,19+,20+,21+,22?,25-/m0/s1. The summed E-state index contributed by atoms with van der Waals surface area (Å²) in [6.07, 6.45) is -13.0. The number of methoxy groups -OCH3 is 1. The molecule has 212 valence electrons. The molecular formula is C26H28F3NO8S. The average Bonchev–Trinajstić information content (AvgIpc) is 3.41. The van der Waals surface area contributed by atoms with E-state index in [0.717, 1.165) is 24.4 Å². The molecule has 2 aromatic carbocycles. The molecule has 2 aliphatic heterocycles. The second-order valence-corrected chi connectivity index (χ2v) is 10.6.